The van der Waals surface area contributed by atoms with Crippen LogP contribution in [0.25, 0.3) is 10.9 Å². The number of carbonyl (C=O) groups excluding carboxylic acids is 2. The Bertz CT molecular complexity index is 963. The number of anilines is 2. The Morgan fingerprint density at radius 1 is 1.25 bits per heavy atom. The molecule has 0 aliphatic carbocycles. The molecule has 2 aromatic carbocycles. The first-order chi connectivity index (χ1) is 11.6. The molecule has 7 heteroatoms. The molecule has 24 heavy (non-hydrogen) atoms. The molecule has 3 aromatic rings. The van der Waals surface area contributed by atoms with E-state index in [2.05, 4.69) is 20.8 Å². The molecule has 7 nitrogen and oxygen atoms in total. The maximum absolute atomic E-state index is 12.5. The van der Waals surface area contributed by atoms with E-state index in [0.29, 0.717) is 22.8 Å². The van der Waals surface area contributed by atoms with Gasteiger partial charge in [-0.25, -0.2) is 0 Å². The molecule has 0 radical (unpaired) electrons. The normalized spacial score (nSPS) is 16.2. The van der Waals surface area contributed by atoms with Crippen LogP contribution in [-0.4, -0.2) is 28.1 Å². The Hall–Kier alpha value is -3.35. The van der Waals surface area contributed by atoms with E-state index in [0.717, 1.165) is 10.9 Å². The molecule has 0 fully saturated rings. The number of nitrogens with zero attached hydrogens (tertiary/aromatic N) is 1. The maximum Gasteiger partial charge on any atom is 0.276 e. The molecule has 0 saturated heterocycles. The molecule has 0 bridgehead atoms. The number of hydrogen-bond acceptors (Lipinski definition) is 4. The maximum atomic E-state index is 12.5. The van der Waals surface area contributed by atoms with Crippen LogP contribution in [0.3, 0.4) is 0 Å². The monoisotopic (exact) mass is 322 g/mol. The highest BCUT2D eigenvalue weighted by Gasteiger charge is 2.24. The molecule has 4 rings (SSSR count). The molecule has 0 saturated carbocycles. The van der Waals surface area contributed by atoms with Crippen molar-refractivity contribution in [2.45, 2.75) is 13.0 Å². The summed E-state index contributed by atoms with van der Waals surface area (Å²) in [5.74, 6) is 0.0263. The number of aromatic amines is 1. The van der Waals surface area contributed by atoms with Gasteiger partial charge in [0.15, 0.2) is 11.8 Å². The van der Waals surface area contributed by atoms with Gasteiger partial charge in [-0.2, -0.15) is 5.10 Å². The fraction of sp³-hybridized carbons (Fsp3) is 0.118. The van der Waals surface area contributed by atoms with Crippen LogP contribution in [-0.2, 0) is 4.79 Å². The SMILES string of the molecule is C[C@@H]1Oc2ccc(NC(=O)c3n[nH]c4ccccc34)cc2NC1=O. The lowest BCUT2D eigenvalue weighted by atomic mass is 10.2. The van der Waals surface area contributed by atoms with E-state index in [1.807, 2.05) is 24.3 Å². The zero-order valence-corrected chi connectivity index (χ0v) is 12.8. The van der Waals surface area contributed by atoms with Crippen molar-refractivity contribution >= 4 is 34.1 Å². The van der Waals surface area contributed by atoms with Crippen molar-refractivity contribution in [3.05, 3.63) is 48.2 Å². The van der Waals surface area contributed by atoms with Crippen LogP contribution < -0.4 is 15.4 Å². The van der Waals surface area contributed by atoms with Gasteiger partial charge in [0.25, 0.3) is 11.8 Å². The van der Waals surface area contributed by atoms with Crippen molar-refractivity contribution in [1.29, 1.82) is 0 Å². The standard InChI is InChI=1S/C17H14N4O3/c1-9-16(22)19-13-8-10(6-7-14(13)24-9)18-17(23)15-11-4-2-3-5-12(11)20-21-15/h2-9H,1H3,(H,18,23)(H,19,22)(H,20,21)/t9-/m0/s1. The molecule has 120 valence electrons. The number of para-hydroxylation sites is 1. The zero-order valence-electron chi connectivity index (χ0n) is 12.8. The van der Waals surface area contributed by atoms with Gasteiger partial charge in [-0.15, -0.1) is 0 Å². The second kappa shape index (κ2) is 5.38. The summed E-state index contributed by atoms with van der Waals surface area (Å²) in [6.45, 7) is 1.68. The van der Waals surface area contributed by atoms with Gasteiger partial charge in [-0.1, -0.05) is 18.2 Å². The third-order valence-corrected chi connectivity index (χ3v) is 3.85. The van der Waals surface area contributed by atoms with Gasteiger partial charge in [0.2, 0.25) is 0 Å². The van der Waals surface area contributed by atoms with Crippen molar-refractivity contribution in [3.8, 4) is 5.75 Å². The number of rotatable bonds is 2. The first-order valence-corrected chi connectivity index (χ1v) is 7.48. The van der Waals surface area contributed by atoms with Gasteiger partial charge in [0, 0.05) is 11.1 Å². The van der Waals surface area contributed by atoms with E-state index in [4.69, 9.17) is 4.74 Å². The summed E-state index contributed by atoms with van der Waals surface area (Å²) in [6, 6.07) is 12.5. The quantitative estimate of drug-likeness (QED) is 0.675. The number of fused-ring (bicyclic) bond motifs is 2. The Balaban J connectivity index is 1.60. The van der Waals surface area contributed by atoms with Crippen LogP contribution >= 0.6 is 0 Å². The van der Waals surface area contributed by atoms with Gasteiger partial charge in [-0.05, 0) is 31.2 Å². The molecular weight excluding hydrogens is 308 g/mol. The smallest absolute Gasteiger partial charge is 0.276 e. The van der Waals surface area contributed by atoms with Crippen LogP contribution in [0, 0.1) is 0 Å². The van der Waals surface area contributed by atoms with Crippen LogP contribution in [0.5, 0.6) is 5.75 Å². The van der Waals surface area contributed by atoms with Crippen molar-refractivity contribution in [2.24, 2.45) is 0 Å². The van der Waals surface area contributed by atoms with E-state index < -0.39 is 6.10 Å². The lowest BCUT2D eigenvalue weighted by Crippen LogP contribution is -2.34. The molecule has 0 spiro atoms. The molecular formula is C17H14N4O3. The minimum atomic E-state index is -0.534. The van der Waals surface area contributed by atoms with E-state index in [1.165, 1.54) is 0 Å². The predicted molar refractivity (Wildman–Crippen MR) is 89.2 cm³/mol. The van der Waals surface area contributed by atoms with E-state index in [-0.39, 0.29) is 11.8 Å². The Labute approximate surface area is 137 Å². The summed E-state index contributed by atoms with van der Waals surface area (Å²) >= 11 is 0. The van der Waals surface area contributed by atoms with Crippen LogP contribution in [0.1, 0.15) is 17.4 Å². The van der Waals surface area contributed by atoms with Crippen LogP contribution in [0.4, 0.5) is 11.4 Å². The van der Waals surface area contributed by atoms with E-state index in [9.17, 15) is 9.59 Å². The van der Waals surface area contributed by atoms with Crippen LogP contribution in [0.15, 0.2) is 42.5 Å². The first-order valence-electron chi connectivity index (χ1n) is 7.48. The number of H-pyrrole nitrogens is 1. The minimum absolute atomic E-state index is 0.218. The van der Waals surface area contributed by atoms with Crippen molar-refractivity contribution in [2.75, 3.05) is 10.6 Å². The number of benzene rings is 2. The summed E-state index contributed by atoms with van der Waals surface area (Å²) in [6.07, 6.45) is -0.534. The molecule has 2 heterocycles. The van der Waals surface area contributed by atoms with Crippen molar-refractivity contribution in [3.63, 3.8) is 0 Å². The summed E-state index contributed by atoms with van der Waals surface area (Å²) in [5.41, 5.74) is 2.19. The largest absolute Gasteiger partial charge is 0.479 e. The zero-order chi connectivity index (χ0) is 16.7. The third-order valence-electron chi connectivity index (χ3n) is 3.85. The summed E-state index contributed by atoms with van der Waals surface area (Å²) in [7, 11) is 0. The summed E-state index contributed by atoms with van der Waals surface area (Å²) < 4.78 is 5.49. The highest BCUT2D eigenvalue weighted by atomic mass is 16.5. The highest BCUT2D eigenvalue weighted by molar-refractivity contribution is 6.11. The topological polar surface area (TPSA) is 96.1 Å². The van der Waals surface area contributed by atoms with E-state index >= 15 is 0 Å². The average molecular weight is 322 g/mol. The molecule has 1 atom stereocenters. The van der Waals surface area contributed by atoms with Crippen molar-refractivity contribution in [1.82, 2.24) is 10.2 Å². The first kappa shape index (κ1) is 14.3. The van der Waals surface area contributed by atoms with Crippen LogP contribution in [0.2, 0.25) is 0 Å². The number of aromatic nitrogens is 2. The molecule has 1 aliphatic heterocycles. The lowest BCUT2D eigenvalue weighted by Gasteiger charge is -2.23. The average Bonchev–Trinajstić information content (AvgIpc) is 3.00. The fourth-order valence-corrected chi connectivity index (χ4v) is 2.61. The number of carbonyl (C=O) groups is 2. The lowest BCUT2D eigenvalue weighted by molar-refractivity contribution is -0.122. The van der Waals surface area contributed by atoms with E-state index in [1.54, 1.807) is 25.1 Å². The minimum Gasteiger partial charge on any atom is -0.479 e. The Kier molecular flexibility index (Phi) is 3.19. The molecule has 0 unspecified atom stereocenters. The van der Waals surface area contributed by atoms with Gasteiger partial charge < -0.3 is 15.4 Å². The molecule has 3 N–H and O–H groups in total. The second-order valence-corrected chi connectivity index (χ2v) is 5.53. The Morgan fingerprint density at radius 2 is 2.08 bits per heavy atom. The van der Waals surface area contributed by atoms with Gasteiger partial charge >= 0.3 is 0 Å². The number of ether oxygens (including phenoxy) is 1. The van der Waals surface area contributed by atoms with Gasteiger partial charge in [0.1, 0.15) is 5.75 Å². The molecule has 2 amide bonds. The fourth-order valence-electron chi connectivity index (χ4n) is 2.61. The molecule has 1 aromatic heterocycles. The van der Waals surface area contributed by atoms with Gasteiger partial charge in [0.05, 0.1) is 11.2 Å². The number of hydrogen-bond donors (Lipinski definition) is 3. The third kappa shape index (κ3) is 2.36. The number of amides is 2. The summed E-state index contributed by atoms with van der Waals surface area (Å²) in [4.78, 5) is 24.1. The highest BCUT2D eigenvalue weighted by Crippen LogP contribution is 2.32. The summed E-state index contributed by atoms with van der Waals surface area (Å²) in [5, 5.41) is 13.2. The Morgan fingerprint density at radius 3 is 2.96 bits per heavy atom. The predicted octanol–water partition coefficient (Wildman–Crippen LogP) is 2.53. The number of nitrogens with one attached hydrogen (secondary N) is 3. The van der Waals surface area contributed by atoms with Gasteiger partial charge in [-0.3, -0.25) is 14.7 Å². The van der Waals surface area contributed by atoms with Crippen molar-refractivity contribution < 1.29 is 14.3 Å². The second-order valence-electron chi connectivity index (χ2n) is 5.53. The molecule has 1 aliphatic rings.